The van der Waals surface area contributed by atoms with Crippen LogP contribution in [0.5, 0.6) is 5.75 Å². The predicted octanol–water partition coefficient (Wildman–Crippen LogP) is 7.36. The molecule has 0 atom stereocenters. The number of phenols is 1. The predicted molar refractivity (Wildman–Crippen MR) is 167 cm³/mol. The highest BCUT2D eigenvalue weighted by molar-refractivity contribution is 7.99. The Labute approximate surface area is 246 Å². The van der Waals surface area contributed by atoms with Gasteiger partial charge in [0.15, 0.2) is 0 Å². The molecule has 0 aliphatic carbocycles. The van der Waals surface area contributed by atoms with Gasteiger partial charge < -0.3 is 27.2 Å². The van der Waals surface area contributed by atoms with Crippen LogP contribution in [0.4, 0.5) is 22.7 Å². The number of amides is 2. The first kappa shape index (κ1) is 27.7. The van der Waals surface area contributed by atoms with Crippen LogP contribution in [-0.4, -0.2) is 16.9 Å². The average molecular weight is 579 g/mol. The zero-order chi connectivity index (χ0) is 28.8. The fourth-order valence-electron chi connectivity index (χ4n) is 3.84. The number of nitrogens with one attached hydrogen (secondary N) is 2. The number of aromatic hydroxyl groups is 1. The van der Waals surface area contributed by atoms with Crippen molar-refractivity contribution >= 4 is 58.1 Å². The molecule has 5 aromatic carbocycles. The van der Waals surface area contributed by atoms with Gasteiger partial charge in [-0.05, 0) is 115 Å². The van der Waals surface area contributed by atoms with Crippen molar-refractivity contribution in [1.82, 2.24) is 0 Å². The second-order valence-electron chi connectivity index (χ2n) is 9.07. The van der Waals surface area contributed by atoms with E-state index in [0.29, 0.717) is 22.7 Å². The number of benzene rings is 5. The van der Waals surface area contributed by atoms with Crippen LogP contribution in [0.3, 0.4) is 0 Å². The monoisotopic (exact) mass is 578 g/mol. The standard InChI is InChI=1S/C32H26N4O3S2/c33-22-1-9-27(10-2-22)40-29-13-5-24(6-14-29)35-31(38)20-17-21(19-26(37)18-20)32(39)36-25-7-15-30(16-8-25)41-28-11-3-23(34)4-12-28/h1-19,37H,33-34H2,(H,35,38)(H,36,39). The minimum absolute atomic E-state index is 0.158. The maximum Gasteiger partial charge on any atom is 0.255 e. The molecular formula is C32H26N4O3S2. The number of nitrogens with two attached hydrogens (primary N) is 2. The Morgan fingerprint density at radius 3 is 1.17 bits per heavy atom. The van der Waals surface area contributed by atoms with Gasteiger partial charge in [-0.1, -0.05) is 23.5 Å². The molecule has 0 spiro atoms. The third-order valence-corrected chi connectivity index (χ3v) is 7.93. The molecule has 0 unspecified atom stereocenters. The third kappa shape index (κ3) is 7.63. The number of anilines is 4. The van der Waals surface area contributed by atoms with Crippen molar-refractivity contribution < 1.29 is 14.7 Å². The van der Waals surface area contributed by atoms with Crippen molar-refractivity contribution in [2.45, 2.75) is 19.6 Å². The van der Waals surface area contributed by atoms with Gasteiger partial charge >= 0.3 is 0 Å². The smallest absolute Gasteiger partial charge is 0.255 e. The summed E-state index contributed by atoms with van der Waals surface area (Å²) in [5.41, 5.74) is 14.4. The fourth-order valence-corrected chi connectivity index (χ4v) is 5.47. The Morgan fingerprint density at radius 2 is 0.829 bits per heavy atom. The molecule has 0 bridgehead atoms. The Bertz CT molecular complexity index is 1550. The molecule has 41 heavy (non-hydrogen) atoms. The van der Waals surface area contributed by atoms with Crippen LogP contribution in [0.1, 0.15) is 20.7 Å². The summed E-state index contributed by atoms with van der Waals surface area (Å²) in [7, 11) is 0. The first-order valence-corrected chi connectivity index (χ1v) is 14.2. The number of carbonyl (C=O) groups excluding carboxylic acids is 2. The summed E-state index contributed by atoms with van der Waals surface area (Å²) < 4.78 is 0. The molecule has 7 N–H and O–H groups in total. The molecule has 0 aliphatic heterocycles. The van der Waals surface area contributed by atoms with Crippen LogP contribution in [0, 0.1) is 0 Å². The number of hydrogen-bond donors (Lipinski definition) is 5. The van der Waals surface area contributed by atoms with Gasteiger partial charge in [0.2, 0.25) is 0 Å². The zero-order valence-electron chi connectivity index (χ0n) is 21.7. The molecule has 0 saturated heterocycles. The van der Waals surface area contributed by atoms with E-state index in [0.717, 1.165) is 19.6 Å². The molecule has 9 heteroatoms. The van der Waals surface area contributed by atoms with Crippen molar-refractivity contribution in [1.29, 1.82) is 0 Å². The van der Waals surface area contributed by atoms with Crippen LogP contribution in [0.25, 0.3) is 0 Å². The molecule has 7 nitrogen and oxygen atoms in total. The number of rotatable bonds is 8. The third-order valence-electron chi connectivity index (χ3n) is 5.90. The number of phenolic OH excluding ortho intramolecular Hbond substituents is 1. The maximum atomic E-state index is 12.9. The van der Waals surface area contributed by atoms with Crippen molar-refractivity contribution in [3.8, 4) is 5.75 Å². The fraction of sp³-hybridized carbons (Fsp3) is 0. The first-order chi connectivity index (χ1) is 19.8. The molecule has 0 aromatic heterocycles. The van der Waals surface area contributed by atoms with E-state index in [4.69, 9.17) is 11.5 Å². The molecule has 5 rings (SSSR count). The summed E-state index contributed by atoms with van der Waals surface area (Å²) >= 11 is 3.16. The normalized spacial score (nSPS) is 10.6. The van der Waals surface area contributed by atoms with Gasteiger partial charge in [-0.2, -0.15) is 0 Å². The Hall–Kier alpha value is -4.86. The average Bonchev–Trinajstić information content (AvgIpc) is 2.97. The van der Waals surface area contributed by atoms with Crippen LogP contribution in [-0.2, 0) is 0 Å². The van der Waals surface area contributed by atoms with Gasteiger partial charge in [-0.15, -0.1) is 0 Å². The molecule has 204 valence electrons. The van der Waals surface area contributed by atoms with Crippen molar-refractivity contribution in [2.24, 2.45) is 0 Å². The summed E-state index contributed by atoms with van der Waals surface area (Å²) in [5, 5.41) is 15.9. The molecule has 0 saturated carbocycles. The van der Waals surface area contributed by atoms with Gasteiger partial charge in [-0.25, -0.2) is 0 Å². The Morgan fingerprint density at radius 1 is 0.512 bits per heavy atom. The molecular weight excluding hydrogens is 553 g/mol. The summed E-state index contributed by atoms with van der Waals surface area (Å²) in [5.74, 6) is -1.08. The molecule has 0 aliphatic rings. The molecule has 0 fully saturated rings. The number of nitrogen functional groups attached to an aromatic ring is 2. The van der Waals surface area contributed by atoms with Crippen LogP contribution in [0.15, 0.2) is 135 Å². The molecule has 5 aromatic rings. The summed E-state index contributed by atoms with van der Waals surface area (Å²) in [6, 6.07) is 34.0. The first-order valence-electron chi connectivity index (χ1n) is 12.5. The summed E-state index contributed by atoms with van der Waals surface area (Å²) in [6.07, 6.45) is 0. The minimum Gasteiger partial charge on any atom is -0.508 e. The highest BCUT2D eigenvalue weighted by Gasteiger charge is 2.14. The maximum absolute atomic E-state index is 12.9. The van der Waals surface area contributed by atoms with E-state index in [1.807, 2.05) is 72.8 Å². The molecule has 0 heterocycles. The lowest BCUT2D eigenvalue weighted by Crippen LogP contribution is -2.15. The zero-order valence-corrected chi connectivity index (χ0v) is 23.3. The Kier molecular flexibility index (Phi) is 8.47. The molecule has 0 radical (unpaired) electrons. The van der Waals surface area contributed by atoms with E-state index in [2.05, 4.69) is 10.6 Å². The van der Waals surface area contributed by atoms with Gasteiger partial charge in [0, 0.05) is 53.5 Å². The van der Waals surface area contributed by atoms with E-state index >= 15 is 0 Å². The van der Waals surface area contributed by atoms with E-state index < -0.39 is 11.8 Å². The largest absolute Gasteiger partial charge is 0.508 e. The Balaban J connectivity index is 1.20. The van der Waals surface area contributed by atoms with Crippen molar-refractivity contribution in [3.63, 3.8) is 0 Å². The van der Waals surface area contributed by atoms with Gasteiger partial charge in [0.25, 0.3) is 11.8 Å². The van der Waals surface area contributed by atoms with Crippen LogP contribution >= 0.6 is 23.5 Å². The van der Waals surface area contributed by atoms with E-state index in [9.17, 15) is 14.7 Å². The van der Waals surface area contributed by atoms with E-state index in [1.54, 1.807) is 47.8 Å². The van der Waals surface area contributed by atoms with Gasteiger partial charge in [-0.3, -0.25) is 9.59 Å². The van der Waals surface area contributed by atoms with Crippen molar-refractivity contribution in [3.05, 3.63) is 126 Å². The summed E-state index contributed by atoms with van der Waals surface area (Å²) in [6.45, 7) is 0. The number of carbonyl (C=O) groups is 2. The van der Waals surface area contributed by atoms with Gasteiger partial charge in [0.1, 0.15) is 5.75 Å². The van der Waals surface area contributed by atoms with Crippen LogP contribution < -0.4 is 22.1 Å². The van der Waals surface area contributed by atoms with E-state index in [-0.39, 0.29) is 16.9 Å². The lowest BCUT2D eigenvalue weighted by Gasteiger charge is -2.10. The van der Waals surface area contributed by atoms with Crippen LogP contribution in [0.2, 0.25) is 0 Å². The SMILES string of the molecule is Nc1ccc(Sc2ccc(NC(=O)c3cc(O)cc(C(=O)Nc4ccc(Sc5ccc(N)cc5)cc4)c3)cc2)cc1. The lowest BCUT2D eigenvalue weighted by atomic mass is 10.1. The van der Waals surface area contributed by atoms with Crippen molar-refractivity contribution in [2.75, 3.05) is 22.1 Å². The highest BCUT2D eigenvalue weighted by Crippen LogP contribution is 2.30. The molecule has 2 amide bonds. The highest BCUT2D eigenvalue weighted by atomic mass is 32.2. The lowest BCUT2D eigenvalue weighted by molar-refractivity contribution is 0.102. The quantitative estimate of drug-likeness (QED) is 0.122. The topological polar surface area (TPSA) is 130 Å². The minimum atomic E-state index is -0.446. The van der Waals surface area contributed by atoms with E-state index in [1.165, 1.54) is 18.2 Å². The second-order valence-corrected chi connectivity index (χ2v) is 11.4. The van der Waals surface area contributed by atoms with Gasteiger partial charge in [0.05, 0.1) is 0 Å². The summed E-state index contributed by atoms with van der Waals surface area (Å²) in [4.78, 5) is 30.0. The number of hydrogen-bond acceptors (Lipinski definition) is 7. The second kappa shape index (κ2) is 12.5.